The summed E-state index contributed by atoms with van der Waals surface area (Å²) in [6, 6.07) is 5.24. The summed E-state index contributed by atoms with van der Waals surface area (Å²) in [4.78, 5) is 24.3. The quantitative estimate of drug-likeness (QED) is 0.482. The van der Waals surface area contributed by atoms with Gasteiger partial charge in [-0.15, -0.1) is 0 Å². The van der Waals surface area contributed by atoms with Crippen molar-refractivity contribution in [3.8, 4) is 0 Å². The first-order chi connectivity index (χ1) is 17.3. The minimum atomic E-state index is -0.415. The van der Waals surface area contributed by atoms with Gasteiger partial charge >= 0.3 is 12.0 Å². The molecule has 1 saturated carbocycles. The van der Waals surface area contributed by atoms with Crippen LogP contribution in [-0.4, -0.2) is 47.1 Å². The van der Waals surface area contributed by atoms with Gasteiger partial charge in [0.25, 0.3) is 0 Å². The van der Waals surface area contributed by atoms with Gasteiger partial charge in [-0.3, -0.25) is 0 Å². The first-order valence-corrected chi connectivity index (χ1v) is 13.0. The lowest BCUT2D eigenvalue weighted by Crippen LogP contribution is -2.36. The van der Waals surface area contributed by atoms with Crippen LogP contribution in [0.25, 0.3) is 0 Å². The highest BCUT2D eigenvalue weighted by Gasteiger charge is 2.26. The minimum Gasteiger partial charge on any atom is -0.392 e. The normalized spacial score (nSPS) is 19.0. The fourth-order valence-electron chi connectivity index (χ4n) is 4.57. The Labute approximate surface area is 211 Å². The van der Waals surface area contributed by atoms with Gasteiger partial charge in [0.1, 0.15) is 11.9 Å². The molecule has 1 aliphatic carbocycles. The maximum atomic E-state index is 14.6. The number of nitrogens with one attached hydrogen (secondary N) is 2. The molecule has 1 saturated heterocycles. The first kappa shape index (κ1) is 25.9. The van der Waals surface area contributed by atoms with Crippen LogP contribution in [-0.2, 0) is 4.84 Å². The number of rotatable bonds is 7. The molecule has 2 fully saturated rings. The number of aromatic nitrogens is 2. The van der Waals surface area contributed by atoms with E-state index in [2.05, 4.69) is 30.8 Å². The van der Waals surface area contributed by atoms with E-state index in [1.807, 2.05) is 33.8 Å². The highest BCUT2D eigenvalue weighted by atomic mass is 19.1. The van der Waals surface area contributed by atoms with E-state index < -0.39 is 11.8 Å². The molecule has 4 rings (SSSR count). The smallest absolute Gasteiger partial charge is 0.324 e. The predicted molar refractivity (Wildman–Crippen MR) is 137 cm³/mol. The molecule has 0 spiro atoms. The number of hydrogen-bond donors (Lipinski definition) is 2. The fraction of sp³-hybridized carbons (Fsp3) is 0.615. The molecule has 36 heavy (non-hydrogen) atoms. The Morgan fingerprint density at radius 1 is 1.17 bits per heavy atom. The molecule has 0 atom stereocenters. The van der Waals surface area contributed by atoms with Crippen LogP contribution >= 0.6 is 0 Å². The summed E-state index contributed by atoms with van der Waals surface area (Å²) in [7, 11) is 0. The Balaban J connectivity index is 1.22. The molecule has 1 aromatic heterocycles. The molecule has 2 aliphatic rings. The number of piperidine rings is 1. The SMILES string of the molecule is CC(C)NC(=O)Nc1ccc(C2CCC(=NOC3CCN(c4nc(C(C)C)no4)CC3)CC2)cc1F. The largest absolute Gasteiger partial charge is 0.392 e. The van der Waals surface area contributed by atoms with Crippen molar-refractivity contribution in [3.05, 3.63) is 35.4 Å². The predicted octanol–water partition coefficient (Wildman–Crippen LogP) is 5.56. The molecule has 1 aliphatic heterocycles. The van der Waals surface area contributed by atoms with Gasteiger partial charge in [0.15, 0.2) is 5.82 Å². The summed E-state index contributed by atoms with van der Waals surface area (Å²) in [5.41, 5.74) is 2.21. The van der Waals surface area contributed by atoms with E-state index in [1.165, 1.54) is 6.07 Å². The first-order valence-electron chi connectivity index (χ1n) is 13.0. The van der Waals surface area contributed by atoms with Gasteiger partial charge in [-0.25, -0.2) is 9.18 Å². The zero-order valence-corrected chi connectivity index (χ0v) is 21.6. The zero-order valence-electron chi connectivity index (χ0n) is 21.6. The van der Waals surface area contributed by atoms with E-state index in [0.29, 0.717) is 6.01 Å². The standard InChI is InChI=1S/C26H37FN6O3/c1-16(2)24-30-26(36-32-24)33-13-11-21(12-14-33)35-31-20-8-5-18(6-9-20)19-7-10-23(22(27)15-19)29-25(34)28-17(3)4/h7,10,15-18,21H,5-6,8-9,11-14H2,1-4H3,(H2,28,29,34). The van der Waals surface area contributed by atoms with Crippen LogP contribution in [0.5, 0.6) is 0 Å². The Morgan fingerprint density at radius 2 is 1.89 bits per heavy atom. The molecule has 2 aromatic rings. The van der Waals surface area contributed by atoms with E-state index in [1.54, 1.807) is 6.07 Å². The number of oxime groups is 1. The molecule has 10 heteroatoms. The van der Waals surface area contributed by atoms with Crippen LogP contribution in [0.3, 0.4) is 0 Å². The number of anilines is 2. The van der Waals surface area contributed by atoms with E-state index in [4.69, 9.17) is 9.36 Å². The molecule has 9 nitrogen and oxygen atoms in total. The third-order valence-electron chi connectivity index (χ3n) is 6.69. The summed E-state index contributed by atoms with van der Waals surface area (Å²) in [5.74, 6) is 0.828. The van der Waals surface area contributed by atoms with Crippen molar-refractivity contribution in [2.45, 2.75) is 90.2 Å². The molecule has 0 bridgehead atoms. The van der Waals surface area contributed by atoms with Gasteiger partial charge in [0.2, 0.25) is 0 Å². The lowest BCUT2D eigenvalue weighted by molar-refractivity contribution is 0.0401. The summed E-state index contributed by atoms with van der Waals surface area (Å²) >= 11 is 0. The average molecular weight is 501 g/mol. The second kappa shape index (κ2) is 11.7. The summed E-state index contributed by atoms with van der Waals surface area (Å²) in [6.07, 6.45) is 5.26. The van der Waals surface area contributed by atoms with E-state index >= 15 is 0 Å². The van der Waals surface area contributed by atoms with Crippen molar-refractivity contribution in [1.82, 2.24) is 15.5 Å². The van der Waals surface area contributed by atoms with Crippen LogP contribution in [0.2, 0.25) is 0 Å². The number of carbonyl (C=O) groups is 1. The monoisotopic (exact) mass is 500 g/mol. The van der Waals surface area contributed by atoms with Crippen LogP contribution in [0.4, 0.5) is 20.9 Å². The Bertz CT molecular complexity index is 1050. The van der Waals surface area contributed by atoms with E-state index in [9.17, 15) is 9.18 Å². The van der Waals surface area contributed by atoms with E-state index in [0.717, 1.165) is 68.7 Å². The number of amides is 2. The van der Waals surface area contributed by atoms with Crippen molar-refractivity contribution >= 4 is 23.4 Å². The van der Waals surface area contributed by atoms with Crippen LogP contribution in [0.1, 0.15) is 89.4 Å². The summed E-state index contributed by atoms with van der Waals surface area (Å²) in [5, 5.41) is 13.8. The van der Waals surface area contributed by atoms with E-state index in [-0.39, 0.29) is 29.7 Å². The second-order valence-electron chi connectivity index (χ2n) is 10.3. The number of carbonyl (C=O) groups excluding carboxylic acids is 1. The number of nitrogens with zero attached hydrogens (tertiary/aromatic N) is 4. The second-order valence-corrected chi connectivity index (χ2v) is 10.3. The maximum Gasteiger partial charge on any atom is 0.324 e. The molecule has 2 heterocycles. The Morgan fingerprint density at radius 3 is 2.50 bits per heavy atom. The van der Waals surface area contributed by atoms with Crippen molar-refractivity contribution in [3.63, 3.8) is 0 Å². The van der Waals surface area contributed by atoms with Crippen LogP contribution in [0.15, 0.2) is 27.9 Å². The number of hydrogen-bond acceptors (Lipinski definition) is 7. The molecular formula is C26H37FN6O3. The molecular weight excluding hydrogens is 463 g/mol. The van der Waals surface area contributed by atoms with Crippen molar-refractivity contribution in [2.24, 2.45) is 5.16 Å². The third-order valence-corrected chi connectivity index (χ3v) is 6.69. The number of benzene rings is 1. The van der Waals surface area contributed by atoms with Crippen molar-refractivity contribution in [1.29, 1.82) is 0 Å². The molecule has 0 radical (unpaired) electrons. The maximum absolute atomic E-state index is 14.6. The molecule has 196 valence electrons. The van der Waals surface area contributed by atoms with Crippen molar-refractivity contribution in [2.75, 3.05) is 23.3 Å². The molecule has 1 aromatic carbocycles. The van der Waals surface area contributed by atoms with Gasteiger partial charge in [-0.1, -0.05) is 30.2 Å². The van der Waals surface area contributed by atoms with Gasteiger partial charge in [-0.05, 0) is 63.1 Å². The Hall–Kier alpha value is -3.17. The van der Waals surface area contributed by atoms with Gasteiger partial charge in [0.05, 0.1) is 11.4 Å². The third kappa shape index (κ3) is 6.73. The molecule has 2 N–H and O–H groups in total. The van der Waals surface area contributed by atoms with Gasteiger partial charge in [0, 0.05) is 37.9 Å². The lowest BCUT2D eigenvalue weighted by atomic mass is 9.83. The fourth-order valence-corrected chi connectivity index (χ4v) is 4.57. The topological polar surface area (TPSA) is 105 Å². The average Bonchev–Trinajstić information content (AvgIpc) is 3.35. The summed E-state index contributed by atoms with van der Waals surface area (Å²) < 4.78 is 20.0. The highest BCUT2D eigenvalue weighted by molar-refractivity contribution is 5.89. The highest BCUT2D eigenvalue weighted by Crippen LogP contribution is 2.33. The summed E-state index contributed by atoms with van der Waals surface area (Å²) in [6.45, 7) is 9.40. The van der Waals surface area contributed by atoms with Crippen LogP contribution < -0.4 is 15.5 Å². The number of urea groups is 1. The van der Waals surface area contributed by atoms with Crippen LogP contribution in [0, 0.1) is 5.82 Å². The van der Waals surface area contributed by atoms with Gasteiger partial charge < -0.3 is 24.9 Å². The molecule has 0 unspecified atom stereocenters. The number of halogens is 1. The molecule has 2 amide bonds. The van der Waals surface area contributed by atoms with Gasteiger partial charge in [-0.2, -0.15) is 4.98 Å². The van der Waals surface area contributed by atoms with Crippen molar-refractivity contribution < 1.29 is 18.5 Å². The lowest BCUT2D eigenvalue weighted by Gasteiger charge is -2.29. The Kier molecular flexibility index (Phi) is 8.43. The minimum absolute atomic E-state index is 0.0168. The zero-order chi connectivity index (χ0) is 25.7.